The van der Waals surface area contributed by atoms with E-state index in [1.54, 1.807) is 0 Å². The van der Waals surface area contributed by atoms with Crippen molar-refractivity contribution in [2.45, 2.75) is 117 Å². The smallest absolute Gasteiger partial charge is 0.405 e. The molecule has 0 N–H and O–H groups in total. The Labute approximate surface area is 572 Å². The van der Waals surface area contributed by atoms with Crippen molar-refractivity contribution >= 4 is 64.1 Å². The van der Waals surface area contributed by atoms with E-state index in [9.17, 15) is 0 Å². The van der Waals surface area contributed by atoms with E-state index in [1.807, 2.05) is 177 Å². The van der Waals surface area contributed by atoms with Gasteiger partial charge in [-0.2, -0.15) is 0 Å². The topological polar surface area (TPSA) is 133 Å². The summed E-state index contributed by atoms with van der Waals surface area (Å²) in [6.45, 7) is 24.6. The highest BCUT2D eigenvalue weighted by Crippen LogP contribution is 2.44. The number of hydrogen-bond donors (Lipinski definition) is 0. The third-order valence-corrected chi connectivity index (χ3v) is 20.1. The summed E-state index contributed by atoms with van der Waals surface area (Å²) >= 11 is 3.68. The molecule has 3 aliphatic heterocycles. The van der Waals surface area contributed by atoms with Crippen LogP contribution in [0.5, 0.6) is 0 Å². The molecular formula is C80H76B3BrN6O6. The summed E-state index contributed by atoms with van der Waals surface area (Å²) in [6, 6.07) is 82.5. The van der Waals surface area contributed by atoms with Crippen molar-refractivity contribution in [1.29, 1.82) is 0 Å². The number of hydrogen-bond acceptors (Lipinski definition) is 12. The molecule has 10 aromatic carbocycles. The van der Waals surface area contributed by atoms with Gasteiger partial charge in [0.15, 0.2) is 34.9 Å². The molecule has 0 spiro atoms. The molecule has 5 heterocycles. The van der Waals surface area contributed by atoms with Crippen LogP contribution in [0.25, 0.3) is 112 Å². The Bertz CT molecular complexity index is 4560. The van der Waals surface area contributed by atoms with Crippen LogP contribution in [0.1, 0.15) is 83.1 Å². The van der Waals surface area contributed by atoms with Crippen LogP contribution in [0.4, 0.5) is 0 Å². The van der Waals surface area contributed by atoms with Crippen LogP contribution < -0.4 is 5.46 Å². The first kappa shape index (κ1) is 65.8. The molecule has 3 fully saturated rings. The predicted molar refractivity (Wildman–Crippen MR) is 394 cm³/mol. The van der Waals surface area contributed by atoms with E-state index in [1.165, 1.54) is 16.3 Å². The second-order valence-electron chi connectivity index (χ2n) is 27.5. The standard InChI is InChI=1S/C37H32BN3O2.C31H20BrN3.C12H24B2O4/c1-36(2)37(3,4)43-38(42-36)32-24-23-29(30-17-11-12-18-31(30)32)25-19-21-28(22-20-25)35-40-33(26-13-7-5-8-14-26)39-34(41-35)27-15-9-6-10-16-27;32-28-20-19-25(26-13-7-8-14-27(26)28)21-15-17-24(18-16-21)31-34-29(22-9-3-1-4-10-22)33-30(35-31)23-11-5-2-6-12-23;1-9(2)10(3,4)16-13(15-9)14-17-11(5,6)12(7,8)18-14/h5-24H,1-4H3;1-20H;1-8H3. The van der Waals surface area contributed by atoms with Crippen molar-refractivity contribution in [1.82, 2.24) is 29.9 Å². The summed E-state index contributed by atoms with van der Waals surface area (Å²) in [5.41, 5.74) is 9.12. The summed E-state index contributed by atoms with van der Waals surface area (Å²) in [5, 5.41) is 4.69. The van der Waals surface area contributed by atoms with Crippen molar-refractivity contribution in [3.8, 4) is 90.6 Å². The van der Waals surface area contributed by atoms with Gasteiger partial charge in [-0.3, -0.25) is 0 Å². The Hall–Kier alpha value is -8.83. The van der Waals surface area contributed by atoms with E-state index in [0.717, 1.165) is 70.8 Å². The summed E-state index contributed by atoms with van der Waals surface area (Å²) in [7, 11) is -1.38. The van der Waals surface area contributed by atoms with Gasteiger partial charge in [-0.1, -0.05) is 253 Å². The Morgan fingerprint density at radius 2 is 0.479 bits per heavy atom. The van der Waals surface area contributed by atoms with E-state index in [2.05, 4.69) is 165 Å². The molecule has 16 heteroatoms. The first-order valence-corrected chi connectivity index (χ1v) is 33.4. The van der Waals surface area contributed by atoms with Gasteiger partial charge in [0.2, 0.25) is 0 Å². The molecule has 0 atom stereocenters. The highest BCUT2D eigenvalue weighted by molar-refractivity contribution is 9.10. The van der Waals surface area contributed by atoms with Gasteiger partial charge in [0, 0.05) is 37.9 Å². The maximum Gasteiger partial charge on any atom is 0.495 e. The molecule has 0 amide bonds. The van der Waals surface area contributed by atoms with Gasteiger partial charge in [0.05, 0.1) is 33.6 Å². The fourth-order valence-corrected chi connectivity index (χ4v) is 12.2. The molecule has 0 unspecified atom stereocenters. The quantitative estimate of drug-likeness (QED) is 0.121. The molecule has 3 aliphatic rings. The number of benzene rings is 10. The summed E-state index contributed by atoms with van der Waals surface area (Å²) < 4.78 is 37.8. The van der Waals surface area contributed by atoms with Crippen LogP contribution in [-0.4, -0.2) is 84.6 Å². The Morgan fingerprint density at radius 3 is 0.802 bits per heavy atom. The van der Waals surface area contributed by atoms with Gasteiger partial charge in [-0.15, -0.1) is 0 Å². The molecular weight excluding hydrogens is 1250 g/mol. The minimum Gasteiger partial charge on any atom is -0.405 e. The zero-order valence-corrected chi connectivity index (χ0v) is 57.9. The number of rotatable bonds is 10. The lowest BCUT2D eigenvalue weighted by atomic mass is 9.49. The second kappa shape index (κ2) is 26.3. The first-order chi connectivity index (χ1) is 45.9. The third kappa shape index (κ3) is 13.4. The van der Waals surface area contributed by atoms with Crippen LogP contribution >= 0.6 is 15.9 Å². The van der Waals surface area contributed by atoms with Crippen LogP contribution in [0.3, 0.4) is 0 Å². The van der Waals surface area contributed by atoms with Gasteiger partial charge in [0.25, 0.3) is 0 Å². The van der Waals surface area contributed by atoms with Gasteiger partial charge in [-0.05, 0) is 138 Å². The van der Waals surface area contributed by atoms with E-state index in [-0.39, 0.29) is 22.4 Å². The third-order valence-electron chi connectivity index (χ3n) is 19.4. The molecule has 0 radical (unpaired) electrons. The summed E-state index contributed by atoms with van der Waals surface area (Å²) in [6.07, 6.45) is 0. The van der Waals surface area contributed by atoms with Crippen LogP contribution in [0.2, 0.25) is 0 Å². The zero-order valence-electron chi connectivity index (χ0n) is 56.3. The minimum atomic E-state index is -0.476. The molecule has 15 rings (SSSR count). The second-order valence-corrected chi connectivity index (χ2v) is 28.3. The van der Waals surface area contributed by atoms with Gasteiger partial charge in [0.1, 0.15) is 0 Å². The molecule has 478 valence electrons. The lowest BCUT2D eigenvalue weighted by Gasteiger charge is -2.32. The highest BCUT2D eigenvalue weighted by Gasteiger charge is 2.64. The van der Waals surface area contributed by atoms with E-state index < -0.39 is 32.3 Å². The highest BCUT2D eigenvalue weighted by atomic mass is 79.9. The Balaban J connectivity index is 0.000000141. The lowest BCUT2D eigenvalue weighted by Crippen LogP contribution is -2.41. The zero-order chi connectivity index (χ0) is 67.2. The summed E-state index contributed by atoms with van der Waals surface area (Å²) in [5.74, 6) is 3.93. The molecule has 3 saturated heterocycles. The number of fused-ring (bicyclic) bond motifs is 2. The van der Waals surface area contributed by atoms with Gasteiger partial charge in [-0.25, -0.2) is 29.9 Å². The molecule has 96 heavy (non-hydrogen) atoms. The van der Waals surface area contributed by atoms with Crippen molar-refractivity contribution in [2.24, 2.45) is 0 Å². The molecule has 12 nitrogen and oxygen atoms in total. The van der Waals surface area contributed by atoms with Crippen molar-refractivity contribution in [3.63, 3.8) is 0 Å². The van der Waals surface area contributed by atoms with Crippen molar-refractivity contribution in [3.05, 3.63) is 247 Å². The maximum absolute atomic E-state index is 6.41. The average molecular weight is 1330 g/mol. The summed E-state index contributed by atoms with van der Waals surface area (Å²) in [4.78, 5) is 29.0. The molecule has 0 aliphatic carbocycles. The van der Waals surface area contributed by atoms with Crippen LogP contribution in [0.15, 0.2) is 247 Å². The van der Waals surface area contributed by atoms with E-state index >= 15 is 0 Å². The molecule has 0 bridgehead atoms. The normalized spacial score (nSPS) is 17.0. The van der Waals surface area contributed by atoms with Crippen molar-refractivity contribution in [2.75, 3.05) is 0 Å². The Morgan fingerprint density at radius 1 is 0.240 bits per heavy atom. The number of nitrogens with zero attached hydrogens (tertiary/aromatic N) is 6. The van der Waals surface area contributed by atoms with Crippen LogP contribution in [-0.2, 0) is 27.9 Å². The average Bonchev–Trinajstić information content (AvgIpc) is 1.55. The van der Waals surface area contributed by atoms with E-state index in [0.29, 0.717) is 34.9 Å². The Kier molecular flexibility index (Phi) is 18.0. The fraction of sp³-hybridized carbons (Fsp3) is 0.225. The molecule has 12 aromatic rings. The van der Waals surface area contributed by atoms with Crippen molar-refractivity contribution < 1.29 is 27.9 Å². The molecule has 0 saturated carbocycles. The SMILES string of the molecule is Brc1ccc(-c2ccc(-c3nc(-c4ccccc4)nc(-c4ccccc4)n3)cc2)c2ccccc12.CC1(C)OB(B2OC(C)(C)C(C)(C)O2)OC1(C)C.CC1(C)OB(c2ccc(-c3ccc(-c4nc(-c5ccccc5)nc(-c5ccccc5)n4)cc3)c3ccccc23)OC1(C)C. The number of aromatic nitrogens is 6. The first-order valence-electron chi connectivity index (χ1n) is 32.6. The predicted octanol–water partition coefficient (Wildman–Crippen LogP) is 18.7. The fourth-order valence-electron chi connectivity index (χ4n) is 11.7. The largest absolute Gasteiger partial charge is 0.495 e. The van der Waals surface area contributed by atoms with Gasteiger partial charge >= 0.3 is 21.1 Å². The van der Waals surface area contributed by atoms with E-state index in [4.69, 9.17) is 57.8 Å². The van der Waals surface area contributed by atoms with Gasteiger partial charge < -0.3 is 27.9 Å². The maximum atomic E-state index is 6.41. The van der Waals surface area contributed by atoms with Crippen LogP contribution in [0, 0.1) is 0 Å². The molecule has 2 aromatic heterocycles. The number of halogens is 1. The monoisotopic (exact) mass is 1330 g/mol. The lowest BCUT2D eigenvalue weighted by molar-refractivity contribution is 0.00578. The minimum absolute atomic E-state index is 0.360.